The number of hydrogen-bond acceptors (Lipinski definition) is 5. The number of nitro groups is 1. The summed E-state index contributed by atoms with van der Waals surface area (Å²) in [5.74, 6) is -0.394. The smallest absolute Gasteiger partial charge is 0.271 e. The zero-order valence-corrected chi connectivity index (χ0v) is 13.3. The van der Waals surface area contributed by atoms with E-state index in [1.165, 1.54) is 30.1 Å². The van der Waals surface area contributed by atoms with Crippen molar-refractivity contribution in [1.82, 2.24) is 10.2 Å². The van der Waals surface area contributed by atoms with Gasteiger partial charge in [0.2, 0.25) is 11.8 Å². The van der Waals surface area contributed by atoms with Gasteiger partial charge in [-0.15, -0.1) is 0 Å². The zero-order valence-electron chi connectivity index (χ0n) is 12.5. The van der Waals surface area contributed by atoms with Crippen LogP contribution in [0.1, 0.15) is 12.8 Å². The first-order chi connectivity index (χ1) is 10.9. The summed E-state index contributed by atoms with van der Waals surface area (Å²) in [6.07, 6.45) is 1.42. The van der Waals surface area contributed by atoms with Crippen LogP contribution in [0.5, 0.6) is 0 Å². The number of likely N-dealkylation sites (tertiary alicyclic amines) is 1. The second-order valence-electron chi connectivity index (χ2n) is 5.13. The van der Waals surface area contributed by atoms with E-state index < -0.39 is 11.0 Å². The Balaban J connectivity index is 1.99. The van der Waals surface area contributed by atoms with Crippen molar-refractivity contribution in [1.29, 1.82) is 0 Å². The largest absolute Gasteiger partial charge is 0.375 e. The number of anilines is 1. The number of likely N-dealkylation sites (N-methyl/N-ethyl adjacent to an activating group) is 1. The molecule has 1 atom stereocenters. The van der Waals surface area contributed by atoms with Gasteiger partial charge in [-0.3, -0.25) is 19.7 Å². The molecule has 0 radical (unpaired) electrons. The average molecular weight is 341 g/mol. The molecule has 0 aromatic heterocycles. The quantitative estimate of drug-likeness (QED) is 0.622. The first-order valence-corrected chi connectivity index (χ1v) is 7.50. The van der Waals surface area contributed by atoms with Gasteiger partial charge in [0.05, 0.1) is 22.2 Å². The van der Waals surface area contributed by atoms with Gasteiger partial charge in [-0.2, -0.15) is 0 Å². The van der Waals surface area contributed by atoms with E-state index in [2.05, 4.69) is 10.6 Å². The molecule has 1 heterocycles. The number of amides is 2. The number of nitrogens with zero attached hydrogens (tertiary/aromatic N) is 2. The van der Waals surface area contributed by atoms with Gasteiger partial charge in [-0.25, -0.2) is 0 Å². The van der Waals surface area contributed by atoms with Crippen molar-refractivity contribution in [3.05, 3.63) is 33.3 Å². The minimum Gasteiger partial charge on any atom is -0.375 e. The number of rotatable bonds is 5. The maximum Gasteiger partial charge on any atom is 0.271 e. The van der Waals surface area contributed by atoms with Crippen molar-refractivity contribution in [2.75, 3.05) is 25.5 Å². The van der Waals surface area contributed by atoms with E-state index in [0.29, 0.717) is 18.7 Å². The molecule has 1 aromatic rings. The van der Waals surface area contributed by atoms with E-state index >= 15 is 0 Å². The summed E-state index contributed by atoms with van der Waals surface area (Å²) >= 11 is 5.96. The normalized spacial score (nSPS) is 17.0. The topological polar surface area (TPSA) is 105 Å². The molecular weight excluding hydrogens is 324 g/mol. The van der Waals surface area contributed by atoms with Crippen LogP contribution in [0, 0.1) is 10.1 Å². The van der Waals surface area contributed by atoms with Crippen molar-refractivity contribution in [3.63, 3.8) is 0 Å². The summed E-state index contributed by atoms with van der Waals surface area (Å²) < 4.78 is 0. The van der Waals surface area contributed by atoms with Crippen molar-refractivity contribution >= 4 is 34.8 Å². The molecule has 2 N–H and O–H groups in total. The number of carbonyl (C=O) groups excluding carboxylic acids is 2. The summed E-state index contributed by atoms with van der Waals surface area (Å²) in [5.41, 5.74) is 0.312. The fraction of sp³-hybridized carbons (Fsp3) is 0.429. The lowest BCUT2D eigenvalue weighted by Crippen LogP contribution is -2.46. The molecule has 8 nitrogen and oxygen atoms in total. The average Bonchev–Trinajstić information content (AvgIpc) is 3.02. The van der Waals surface area contributed by atoms with Crippen LogP contribution in [0.15, 0.2) is 18.2 Å². The van der Waals surface area contributed by atoms with Crippen LogP contribution in [0.4, 0.5) is 11.4 Å². The molecule has 124 valence electrons. The van der Waals surface area contributed by atoms with E-state index in [4.69, 9.17) is 11.6 Å². The molecule has 0 bridgehead atoms. The number of carbonyl (C=O) groups is 2. The number of halogens is 1. The molecular formula is C14H17ClN4O4. The molecule has 2 rings (SSSR count). The van der Waals surface area contributed by atoms with E-state index in [1.807, 2.05) is 0 Å². The molecule has 1 aliphatic heterocycles. The summed E-state index contributed by atoms with van der Waals surface area (Å²) in [4.78, 5) is 35.7. The SMILES string of the molecule is CNC(=O)C1CCCN1C(=O)CNc1ccc([N+](=O)[O-])cc1Cl. The molecule has 0 aliphatic carbocycles. The third-order valence-corrected chi connectivity index (χ3v) is 4.03. The lowest BCUT2D eigenvalue weighted by Gasteiger charge is -2.23. The molecule has 9 heteroatoms. The number of non-ortho nitro benzene ring substituents is 1. The van der Waals surface area contributed by atoms with E-state index in [0.717, 1.165) is 6.42 Å². The van der Waals surface area contributed by atoms with Crippen molar-refractivity contribution in [2.24, 2.45) is 0 Å². The molecule has 0 spiro atoms. The van der Waals surface area contributed by atoms with Gasteiger partial charge >= 0.3 is 0 Å². The lowest BCUT2D eigenvalue weighted by atomic mass is 10.2. The van der Waals surface area contributed by atoms with Crippen molar-refractivity contribution in [3.8, 4) is 0 Å². The predicted molar refractivity (Wildman–Crippen MR) is 85.4 cm³/mol. The third-order valence-electron chi connectivity index (χ3n) is 3.72. The standard InChI is InChI=1S/C14H17ClN4O4/c1-16-14(21)12-3-2-6-18(12)13(20)8-17-11-5-4-9(19(22)23)7-10(11)15/h4-5,7,12,17H,2-3,6,8H2,1H3,(H,16,21). The Morgan fingerprint density at radius 2 is 2.22 bits per heavy atom. The van der Waals surface area contributed by atoms with Crippen LogP contribution in [0.3, 0.4) is 0 Å². The van der Waals surface area contributed by atoms with E-state index in [9.17, 15) is 19.7 Å². The minimum atomic E-state index is -0.543. The van der Waals surface area contributed by atoms with Gasteiger partial charge in [0, 0.05) is 25.7 Å². The molecule has 2 amide bonds. The highest BCUT2D eigenvalue weighted by molar-refractivity contribution is 6.33. The lowest BCUT2D eigenvalue weighted by molar-refractivity contribution is -0.384. The van der Waals surface area contributed by atoms with Crippen LogP contribution in [-0.2, 0) is 9.59 Å². The van der Waals surface area contributed by atoms with Gasteiger partial charge in [0.15, 0.2) is 0 Å². The Morgan fingerprint density at radius 3 is 2.83 bits per heavy atom. The fourth-order valence-corrected chi connectivity index (χ4v) is 2.78. The Morgan fingerprint density at radius 1 is 1.48 bits per heavy atom. The maximum atomic E-state index is 12.3. The van der Waals surface area contributed by atoms with Gasteiger partial charge in [-0.1, -0.05) is 11.6 Å². The Hall–Kier alpha value is -2.35. The number of benzene rings is 1. The van der Waals surface area contributed by atoms with Gasteiger partial charge in [-0.05, 0) is 18.9 Å². The van der Waals surface area contributed by atoms with Gasteiger partial charge in [0.1, 0.15) is 6.04 Å². The molecule has 1 fully saturated rings. The van der Waals surface area contributed by atoms with E-state index in [-0.39, 0.29) is 29.1 Å². The predicted octanol–water partition coefficient (Wildman–Crippen LogP) is 1.40. The molecule has 1 unspecified atom stereocenters. The first-order valence-electron chi connectivity index (χ1n) is 7.13. The summed E-state index contributed by atoms with van der Waals surface area (Å²) in [6.45, 7) is 0.498. The molecule has 23 heavy (non-hydrogen) atoms. The summed E-state index contributed by atoms with van der Waals surface area (Å²) in [5, 5.41) is 16.2. The van der Waals surface area contributed by atoms with Crippen molar-refractivity contribution in [2.45, 2.75) is 18.9 Å². The van der Waals surface area contributed by atoms with Crippen LogP contribution < -0.4 is 10.6 Å². The van der Waals surface area contributed by atoms with Gasteiger partial charge < -0.3 is 15.5 Å². The second kappa shape index (κ2) is 7.28. The van der Waals surface area contributed by atoms with Crippen LogP contribution >= 0.6 is 11.6 Å². The second-order valence-corrected chi connectivity index (χ2v) is 5.54. The highest BCUT2D eigenvalue weighted by Gasteiger charge is 2.33. The van der Waals surface area contributed by atoms with Gasteiger partial charge in [0.25, 0.3) is 5.69 Å². The Bertz CT molecular complexity index is 637. The zero-order chi connectivity index (χ0) is 17.0. The highest BCUT2D eigenvalue weighted by atomic mass is 35.5. The Kier molecular flexibility index (Phi) is 5.38. The number of nitro benzene ring substituents is 1. The van der Waals surface area contributed by atoms with E-state index in [1.54, 1.807) is 0 Å². The number of nitrogens with one attached hydrogen (secondary N) is 2. The highest BCUT2D eigenvalue weighted by Crippen LogP contribution is 2.26. The number of hydrogen-bond donors (Lipinski definition) is 2. The van der Waals surface area contributed by atoms with Crippen LogP contribution in [0.25, 0.3) is 0 Å². The van der Waals surface area contributed by atoms with Crippen molar-refractivity contribution < 1.29 is 14.5 Å². The third kappa shape index (κ3) is 3.89. The minimum absolute atomic E-state index is 0.0367. The Labute approximate surface area is 137 Å². The maximum absolute atomic E-state index is 12.3. The first kappa shape index (κ1) is 17.0. The monoisotopic (exact) mass is 340 g/mol. The van der Waals surface area contributed by atoms with Crippen LogP contribution in [0.2, 0.25) is 5.02 Å². The summed E-state index contributed by atoms with van der Waals surface area (Å²) in [7, 11) is 1.54. The molecule has 1 aliphatic rings. The summed E-state index contributed by atoms with van der Waals surface area (Å²) in [6, 6.07) is 3.54. The molecule has 1 aromatic carbocycles. The van der Waals surface area contributed by atoms with Crippen LogP contribution in [-0.4, -0.2) is 47.8 Å². The molecule has 0 saturated carbocycles. The fourth-order valence-electron chi connectivity index (χ4n) is 2.54. The molecule has 1 saturated heterocycles.